The second-order valence-electron chi connectivity index (χ2n) is 16.0. The standard InChI is InChI=1S/C57H44N2/c1-2-12-39-23-25-41(26-24-39)45-16-11-18-47(38-45)43-29-33-49(34-30-43)59-53-22-9-7-20-51(53)57-55(59)36-35-54-56(57)50-19-6-8-21-52(50)58(54)48-31-27-42(28-32-48)46-17-10-15-44(37-46)40-13-4-3-5-14-40/h3-11,13-38,54,56H,2,12H2,1H3. The van der Waals surface area contributed by atoms with Gasteiger partial charge in [-0.2, -0.15) is 0 Å². The molecule has 0 spiro atoms. The lowest BCUT2D eigenvalue weighted by Gasteiger charge is -2.31. The highest BCUT2D eigenvalue weighted by Crippen LogP contribution is 2.54. The smallest absolute Gasteiger partial charge is 0.0637 e. The number of rotatable bonds is 8. The Morgan fingerprint density at radius 3 is 1.63 bits per heavy atom. The van der Waals surface area contributed by atoms with E-state index in [0.717, 1.165) is 6.42 Å². The van der Waals surface area contributed by atoms with Gasteiger partial charge in [0.25, 0.3) is 0 Å². The maximum Gasteiger partial charge on any atom is 0.0637 e. The van der Waals surface area contributed by atoms with Gasteiger partial charge in [0.1, 0.15) is 0 Å². The van der Waals surface area contributed by atoms with Crippen molar-refractivity contribution in [2.24, 2.45) is 0 Å². The van der Waals surface area contributed by atoms with E-state index in [1.807, 2.05) is 0 Å². The van der Waals surface area contributed by atoms with E-state index in [2.05, 4.69) is 229 Å². The van der Waals surface area contributed by atoms with Gasteiger partial charge >= 0.3 is 0 Å². The van der Waals surface area contributed by atoms with Gasteiger partial charge in [-0.3, -0.25) is 0 Å². The molecule has 2 heterocycles. The third-order valence-corrected chi connectivity index (χ3v) is 12.5. The molecule has 1 aliphatic carbocycles. The van der Waals surface area contributed by atoms with Gasteiger partial charge in [-0.25, -0.2) is 0 Å². The second-order valence-corrected chi connectivity index (χ2v) is 16.0. The Balaban J connectivity index is 0.934. The highest BCUT2D eigenvalue weighted by atomic mass is 15.2. The maximum atomic E-state index is 2.55. The molecule has 0 N–H and O–H groups in total. The van der Waals surface area contributed by atoms with Crippen LogP contribution < -0.4 is 4.90 Å². The fourth-order valence-electron chi connectivity index (χ4n) is 9.70. The van der Waals surface area contributed by atoms with Crippen molar-refractivity contribution in [1.82, 2.24) is 4.57 Å². The van der Waals surface area contributed by atoms with Crippen LogP contribution in [0.2, 0.25) is 0 Å². The van der Waals surface area contributed by atoms with Crippen LogP contribution in [0.4, 0.5) is 11.4 Å². The number of anilines is 2. The molecule has 2 heteroatoms. The summed E-state index contributed by atoms with van der Waals surface area (Å²) in [5.41, 5.74) is 20.2. The molecule has 0 fully saturated rings. The summed E-state index contributed by atoms with van der Waals surface area (Å²) < 4.78 is 2.47. The summed E-state index contributed by atoms with van der Waals surface area (Å²) in [6.45, 7) is 2.23. The maximum absolute atomic E-state index is 2.55. The molecule has 0 radical (unpaired) electrons. The summed E-state index contributed by atoms with van der Waals surface area (Å²) in [5.74, 6) is 0.192. The molecule has 0 saturated heterocycles. The molecule has 11 rings (SSSR count). The second kappa shape index (κ2) is 14.7. The van der Waals surface area contributed by atoms with Crippen LogP contribution in [0.1, 0.15) is 41.6 Å². The minimum absolute atomic E-state index is 0.156. The predicted molar refractivity (Wildman–Crippen MR) is 249 cm³/mol. The van der Waals surface area contributed by atoms with Gasteiger partial charge in [-0.15, -0.1) is 0 Å². The Morgan fingerprint density at radius 2 is 0.983 bits per heavy atom. The van der Waals surface area contributed by atoms with Gasteiger partial charge in [0.2, 0.25) is 0 Å². The van der Waals surface area contributed by atoms with Crippen molar-refractivity contribution in [3.8, 4) is 50.2 Å². The van der Waals surface area contributed by atoms with Crippen LogP contribution in [0.15, 0.2) is 206 Å². The fraction of sp³-hybridized carbons (Fsp3) is 0.0877. The molecule has 0 saturated carbocycles. The highest BCUT2D eigenvalue weighted by molar-refractivity contribution is 5.94. The van der Waals surface area contributed by atoms with Crippen molar-refractivity contribution in [1.29, 1.82) is 0 Å². The van der Waals surface area contributed by atoms with Gasteiger partial charge in [-0.1, -0.05) is 171 Å². The monoisotopic (exact) mass is 756 g/mol. The first-order chi connectivity index (χ1) is 29.2. The molecule has 1 aromatic heterocycles. The number of benzene rings is 8. The Morgan fingerprint density at radius 1 is 0.458 bits per heavy atom. The predicted octanol–water partition coefficient (Wildman–Crippen LogP) is 14.9. The zero-order chi connectivity index (χ0) is 39.3. The molecule has 59 heavy (non-hydrogen) atoms. The molecule has 8 aromatic carbocycles. The van der Waals surface area contributed by atoms with Gasteiger partial charge < -0.3 is 9.47 Å². The summed E-state index contributed by atoms with van der Waals surface area (Å²) in [6, 6.07) is 73.9. The van der Waals surface area contributed by atoms with Gasteiger partial charge in [0, 0.05) is 28.4 Å². The first kappa shape index (κ1) is 35.0. The Labute approximate surface area is 347 Å². The molecule has 0 bridgehead atoms. The molecular formula is C57H44N2. The first-order valence-electron chi connectivity index (χ1n) is 21.0. The lowest BCUT2D eigenvalue weighted by atomic mass is 9.82. The third-order valence-electron chi connectivity index (χ3n) is 12.5. The van der Waals surface area contributed by atoms with E-state index >= 15 is 0 Å². The van der Waals surface area contributed by atoms with Crippen molar-refractivity contribution in [2.45, 2.75) is 31.7 Å². The molecule has 2 atom stereocenters. The number of aromatic nitrogens is 1. The van der Waals surface area contributed by atoms with Crippen LogP contribution in [0.5, 0.6) is 0 Å². The zero-order valence-corrected chi connectivity index (χ0v) is 33.2. The van der Waals surface area contributed by atoms with Crippen LogP contribution in [0.25, 0.3) is 67.2 Å². The molecule has 1 aliphatic heterocycles. The van der Waals surface area contributed by atoms with Crippen LogP contribution >= 0.6 is 0 Å². The summed E-state index contributed by atoms with van der Waals surface area (Å²) in [6.07, 6.45) is 7.10. The van der Waals surface area contributed by atoms with Crippen molar-refractivity contribution < 1.29 is 0 Å². The first-order valence-corrected chi connectivity index (χ1v) is 21.0. The van der Waals surface area contributed by atoms with Gasteiger partial charge in [0.05, 0.1) is 17.3 Å². The largest absolute Gasteiger partial charge is 0.333 e. The minimum atomic E-state index is 0.156. The summed E-state index contributed by atoms with van der Waals surface area (Å²) >= 11 is 0. The van der Waals surface area contributed by atoms with Crippen LogP contribution in [0, 0.1) is 0 Å². The van der Waals surface area contributed by atoms with E-state index in [1.165, 1.54) is 101 Å². The average Bonchev–Trinajstić information content (AvgIpc) is 3.83. The number of aryl methyl sites for hydroxylation is 1. The van der Waals surface area contributed by atoms with Crippen LogP contribution in [-0.4, -0.2) is 10.6 Å². The molecular weight excluding hydrogens is 713 g/mol. The normalized spacial score (nSPS) is 15.2. The van der Waals surface area contributed by atoms with Crippen molar-refractivity contribution in [2.75, 3.05) is 4.90 Å². The van der Waals surface area contributed by atoms with Crippen LogP contribution in [-0.2, 0) is 6.42 Å². The molecule has 2 nitrogen and oxygen atoms in total. The van der Waals surface area contributed by atoms with Gasteiger partial charge in [-0.05, 0) is 122 Å². The molecule has 2 unspecified atom stereocenters. The Hall–Kier alpha value is -7.16. The zero-order valence-electron chi connectivity index (χ0n) is 33.2. The van der Waals surface area contributed by atoms with E-state index in [9.17, 15) is 0 Å². The van der Waals surface area contributed by atoms with Crippen molar-refractivity contribution in [3.05, 3.63) is 229 Å². The van der Waals surface area contributed by atoms with E-state index < -0.39 is 0 Å². The van der Waals surface area contributed by atoms with Gasteiger partial charge in [0.15, 0.2) is 0 Å². The number of fused-ring (bicyclic) bond motifs is 7. The lowest BCUT2D eigenvalue weighted by Crippen LogP contribution is -2.30. The minimum Gasteiger partial charge on any atom is -0.333 e. The summed E-state index contributed by atoms with van der Waals surface area (Å²) in [5, 5.41) is 1.31. The SMILES string of the molecule is CCCc1ccc(-c2cccc(-c3ccc(-n4c5c(c6ccccc64)C4c6ccccc6N(c6ccc(-c7cccc(-c8ccccc8)c7)cc6)C4C=C5)cc3)c2)cc1. The topological polar surface area (TPSA) is 8.17 Å². The summed E-state index contributed by atoms with van der Waals surface area (Å²) in [4.78, 5) is 2.55. The molecule has 9 aromatic rings. The molecule has 2 aliphatic rings. The average molecular weight is 757 g/mol. The fourth-order valence-corrected chi connectivity index (χ4v) is 9.70. The Kier molecular flexibility index (Phi) is 8.70. The van der Waals surface area contributed by atoms with Crippen LogP contribution in [0.3, 0.4) is 0 Å². The number of nitrogens with zero attached hydrogens (tertiary/aromatic N) is 2. The van der Waals surface area contributed by atoms with Crippen molar-refractivity contribution >= 4 is 28.4 Å². The molecule has 282 valence electrons. The number of para-hydroxylation sites is 2. The van der Waals surface area contributed by atoms with E-state index in [1.54, 1.807) is 0 Å². The number of hydrogen-bond acceptors (Lipinski definition) is 1. The van der Waals surface area contributed by atoms with E-state index in [-0.39, 0.29) is 12.0 Å². The number of hydrogen-bond donors (Lipinski definition) is 0. The Bertz CT molecular complexity index is 2990. The highest BCUT2D eigenvalue weighted by Gasteiger charge is 2.43. The lowest BCUT2D eigenvalue weighted by molar-refractivity contribution is 0.725. The van der Waals surface area contributed by atoms with Crippen molar-refractivity contribution in [3.63, 3.8) is 0 Å². The quantitative estimate of drug-likeness (QED) is 0.150. The molecule has 0 amide bonds. The summed E-state index contributed by atoms with van der Waals surface area (Å²) in [7, 11) is 0. The van der Waals surface area contributed by atoms with E-state index in [4.69, 9.17) is 0 Å². The third kappa shape index (κ3) is 6.11. The van der Waals surface area contributed by atoms with E-state index in [0.29, 0.717) is 0 Å².